The summed E-state index contributed by atoms with van der Waals surface area (Å²) in [4.78, 5) is -0.0644. The highest BCUT2D eigenvalue weighted by molar-refractivity contribution is 7.89. The number of nitrogens with one attached hydrogen (secondary N) is 1. The lowest BCUT2D eigenvalue weighted by Gasteiger charge is -2.09. The largest absolute Gasteiger partial charge is 0.508 e. The SMILES string of the molecule is O=S(=O)(NCc1ccc(O)cc1)c1cc(Cl)ccc1Cl. The van der Waals surface area contributed by atoms with Crippen LogP contribution in [0, 0.1) is 0 Å². The van der Waals surface area contributed by atoms with Gasteiger partial charge in [-0.3, -0.25) is 0 Å². The first-order valence-corrected chi connectivity index (χ1v) is 7.85. The van der Waals surface area contributed by atoms with Crippen molar-refractivity contribution in [2.75, 3.05) is 0 Å². The highest BCUT2D eigenvalue weighted by Gasteiger charge is 2.18. The van der Waals surface area contributed by atoms with Crippen LogP contribution < -0.4 is 4.72 Å². The average Bonchev–Trinajstić information content (AvgIpc) is 2.41. The van der Waals surface area contributed by atoms with Crippen molar-refractivity contribution in [3.63, 3.8) is 0 Å². The van der Waals surface area contributed by atoms with E-state index in [9.17, 15) is 8.42 Å². The van der Waals surface area contributed by atoms with Gasteiger partial charge in [0, 0.05) is 11.6 Å². The third-order valence-corrected chi connectivity index (χ3v) is 4.70. The highest BCUT2D eigenvalue weighted by atomic mass is 35.5. The van der Waals surface area contributed by atoms with Crippen LogP contribution in [0.1, 0.15) is 5.56 Å². The molecule has 0 bridgehead atoms. The van der Waals surface area contributed by atoms with Gasteiger partial charge < -0.3 is 5.11 Å². The second-order valence-electron chi connectivity index (χ2n) is 4.07. The molecule has 0 aliphatic heterocycles. The molecule has 2 N–H and O–H groups in total. The van der Waals surface area contributed by atoms with Crippen LogP contribution in [-0.4, -0.2) is 13.5 Å². The van der Waals surface area contributed by atoms with Crippen LogP contribution >= 0.6 is 23.2 Å². The molecule has 0 spiro atoms. The molecule has 0 fully saturated rings. The van der Waals surface area contributed by atoms with Gasteiger partial charge in [0.15, 0.2) is 0 Å². The summed E-state index contributed by atoms with van der Waals surface area (Å²) in [6.07, 6.45) is 0. The van der Waals surface area contributed by atoms with E-state index in [1.54, 1.807) is 12.1 Å². The van der Waals surface area contributed by atoms with E-state index >= 15 is 0 Å². The maximum absolute atomic E-state index is 12.1. The van der Waals surface area contributed by atoms with Gasteiger partial charge in [-0.2, -0.15) is 0 Å². The monoisotopic (exact) mass is 331 g/mol. The maximum Gasteiger partial charge on any atom is 0.242 e. The molecule has 2 aromatic rings. The van der Waals surface area contributed by atoms with Crippen LogP contribution in [-0.2, 0) is 16.6 Å². The Hall–Kier alpha value is -1.27. The third-order valence-electron chi connectivity index (χ3n) is 2.59. The van der Waals surface area contributed by atoms with Gasteiger partial charge in [-0.1, -0.05) is 35.3 Å². The molecule has 2 aromatic carbocycles. The van der Waals surface area contributed by atoms with Crippen molar-refractivity contribution in [1.82, 2.24) is 4.72 Å². The van der Waals surface area contributed by atoms with Crippen LogP contribution in [0.15, 0.2) is 47.4 Å². The zero-order chi connectivity index (χ0) is 14.8. The van der Waals surface area contributed by atoms with Crippen LogP contribution in [0.2, 0.25) is 10.0 Å². The molecule has 2 rings (SSSR count). The smallest absolute Gasteiger partial charge is 0.242 e. The lowest BCUT2D eigenvalue weighted by Crippen LogP contribution is -2.23. The Labute approximate surface area is 127 Å². The molecular formula is C13H11Cl2NO3S. The molecule has 20 heavy (non-hydrogen) atoms. The molecule has 0 aromatic heterocycles. The normalized spacial score (nSPS) is 11.5. The number of hydrogen-bond donors (Lipinski definition) is 2. The van der Waals surface area contributed by atoms with Crippen molar-refractivity contribution in [3.05, 3.63) is 58.1 Å². The van der Waals surface area contributed by atoms with Gasteiger partial charge in [0.05, 0.1) is 5.02 Å². The van der Waals surface area contributed by atoms with Crippen LogP contribution in [0.3, 0.4) is 0 Å². The van der Waals surface area contributed by atoms with Gasteiger partial charge in [-0.05, 0) is 35.9 Å². The van der Waals surface area contributed by atoms with Gasteiger partial charge in [0.2, 0.25) is 10.0 Å². The summed E-state index contributed by atoms with van der Waals surface area (Å²) in [5, 5.41) is 9.55. The minimum atomic E-state index is -3.75. The Kier molecular flexibility index (Phi) is 4.55. The van der Waals surface area contributed by atoms with E-state index in [2.05, 4.69) is 4.72 Å². The number of halogens is 2. The molecule has 4 nitrogen and oxygen atoms in total. The van der Waals surface area contributed by atoms with Crippen LogP contribution in [0.4, 0.5) is 0 Å². The van der Waals surface area contributed by atoms with Gasteiger partial charge in [0.25, 0.3) is 0 Å². The summed E-state index contributed by atoms with van der Waals surface area (Å²) < 4.78 is 26.7. The summed E-state index contributed by atoms with van der Waals surface area (Å²) in [7, 11) is -3.75. The number of hydrogen-bond acceptors (Lipinski definition) is 3. The van der Waals surface area contributed by atoms with E-state index in [4.69, 9.17) is 28.3 Å². The van der Waals surface area contributed by atoms with Crippen LogP contribution in [0.25, 0.3) is 0 Å². The first kappa shape index (κ1) is 15.1. The van der Waals surface area contributed by atoms with E-state index in [1.165, 1.54) is 30.3 Å². The molecule has 0 heterocycles. The molecule has 0 unspecified atom stereocenters. The summed E-state index contributed by atoms with van der Waals surface area (Å²) in [5.41, 5.74) is 0.713. The zero-order valence-corrected chi connectivity index (χ0v) is 12.5. The van der Waals surface area contributed by atoms with E-state index in [0.717, 1.165) is 0 Å². The fourth-order valence-electron chi connectivity index (χ4n) is 1.55. The van der Waals surface area contributed by atoms with Crippen molar-refractivity contribution in [2.24, 2.45) is 0 Å². The van der Waals surface area contributed by atoms with E-state index in [0.29, 0.717) is 10.6 Å². The molecule has 0 amide bonds. The maximum atomic E-state index is 12.1. The first-order chi connectivity index (χ1) is 9.38. The summed E-state index contributed by atoms with van der Waals surface area (Å²) in [6, 6.07) is 10.5. The molecule has 7 heteroatoms. The Morgan fingerprint density at radius 3 is 2.35 bits per heavy atom. The number of rotatable bonds is 4. The fourth-order valence-corrected chi connectivity index (χ4v) is 3.33. The highest BCUT2D eigenvalue weighted by Crippen LogP contribution is 2.25. The first-order valence-electron chi connectivity index (χ1n) is 5.61. The fraction of sp³-hybridized carbons (Fsp3) is 0.0769. The van der Waals surface area contributed by atoms with E-state index in [-0.39, 0.29) is 22.2 Å². The number of benzene rings is 2. The predicted octanol–water partition coefficient (Wildman–Crippen LogP) is 3.18. The van der Waals surface area contributed by atoms with Gasteiger partial charge in [0.1, 0.15) is 10.6 Å². The molecule has 106 valence electrons. The van der Waals surface area contributed by atoms with Crippen molar-refractivity contribution in [3.8, 4) is 5.75 Å². The van der Waals surface area contributed by atoms with Gasteiger partial charge in [-0.15, -0.1) is 0 Å². The second-order valence-corrected chi connectivity index (χ2v) is 6.64. The number of aromatic hydroxyl groups is 1. The summed E-state index contributed by atoms with van der Waals surface area (Å²) >= 11 is 11.7. The lowest BCUT2D eigenvalue weighted by atomic mass is 10.2. The average molecular weight is 332 g/mol. The standard InChI is InChI=1S/C13H11Cl2NO3S/c14-10-3-6-12(15)13(7-10)20(18,19)16-8-9-1-4-11(17)5-2-9/h1-7,16-17H,8H2. The Morgan fingerprint density at radius 2 is 1.70 bits per heavy atom. The molecule has 0 radical (unpaired) electrons. The molecular weight excluding hydrogens is 321 g/mol. The topological polar surface area (TPSA) is 66.4 Å². The van der Waals surface area contributed by atoms with E-state index < -0.39 is 10.0 Å². The minimum Gasteiger partial charge on any atom is -0.508 e. The Morgan fingerprint density at radius 1 is 1.05 bits per heavy atom. The van der Waals surface area contributed by atoms with Gasteiger partial charge >= 0.3 is 0 Å². The molecule has 0 atom stereocenters. The zero-order valence-electron chi connectivity index (χ0n) is 10.2. The summed E-state index contributed by atoms with van der Waals surface area (Å²) in [5.74, 6) is 0.120. The van der Waals surface area contributed by atoms with Crippen molar-refractivity contribution >= 4 is 33.2 Å². The summed E-state index contributed by atoms with van der Waals surface area (Å²) in [6.45, 7) is 0.0887. The number of phenolic OH excluding ortho intramolecular Hbond substituents is 1. The third kappa shape index (κ3) is 3.64. The molecule has 0 saturated heterocycles. The van der Waals surface area contributed by atoms with E-state index in [1.807, 2.05) is 0 Å². The van der Waals surface area contributed by atoms with Crippen molar-refractivity contribution in [2.45, 2.75) is 11.4 Å². The number of sulfonamides is 1. The van der Waals surface area contributed by atoms with Gasteiger partial charge in [-0.25, -0.2) is 13.1 Å². The van der Waals surface area contributed by atoms with Crippen LogP contribution in [0.5, 0.6) is 5.75 Å². The lowest BCUT2D eigenvalue weighted by molar-refractivity contribution is 0.475. The molecule has 0 aliphatic rings. The Balaban J connectivity index is 2.19. The second kappa shape index (κ2) is 6.01. The molecule has 0 saturated carbocycles. The quantitative estimate of drug-likeness (QED) is 0.904. The van der Waals surface area contributed by atoms with Crippen molar-refractivity contribution < 1.29 is 13.5 Å². The predicted molar refractivity (Wildman–Crippen MR) is 78.6 cm³/mol. The Bertz CT molecular complexity index is 715. The number of phenols is 1. The molecule has 0 aliphatic carbocycles. The minimum absolute atomic E-state index is 0.0644. The van der Waals surface area contributed by atoms with Crippen molar-refractivity contribution in [1.29, 1.82) is 0 Å².